The Kier molecular flexibility index (Phi) is 5.96. The fraction of sp³-hybridized carbons (Fsp3) is 0.588. The zero-order chi connectivity index (χ0) is 16.8. The van der Waals surface area contributed by atoms with Crippen LogP contribution in [0.1, 0.15) is 50.6 Å². The highest BCUT2D eigenvalue weighted by Crippen LogP contribution is 2.28. The molecule has 1 amide bonds. The molecule has 130 valence electrons. The maximum atomic E-state index is 12.1. The summed E-state index contributed by atoms with van der Waals surface area (Å²) in [4.78, 5) is 16.6. The lowest BCUT2D eigenvalue weighted by Crippen LogP contribution is -2.30. The van der Waals surface area contributed by atoms with Crippen LogP contribution in [0.4, 0.5) is 0 Å². The van der Waals surface area contributed by atoms with Gasteiger partial charge < -0.3 is 9.73 Å². The van der Waals surface area contributed by atoms with Gasteiger partial charge in [0.05, 0.1) is 18.1 Å². The van der Waals surface area contributed by atoms with Gasteiger partial charge in [-0.2, -0.15) is 0 Å². The van der Waals surface area contributed by atoms with E-state index in [0.717, 1.165) is 23.9 Å². The van der Waals surface area contributed by atoms with Crippen LogP contribution in [0, 0.1) is 5.92 Å². The number of aryl methyl sites for hydroxylation is 1. The molecule has 0 bridgehead atoms. The molecule has 2 aromatic rings. The lowest BCUT2D eigenvalue weighted by Gasteiger charge is -2.08. The summed E-state index contributed by atoms with van der Waals surface area (Å²) in [5, 5.41) is 10.5. The summed E-state index contributed by atoms with van der Waals surface area (Å²) in [6.07, 6.45) is 9.15. The lowest BCUT2D eigenvalue weighted by molar-refractivity contribution is -0.120. The predicted octanol–water partition coefficient (Wildman–Crippen LogP) is 3.32. The molecule has 2 N–H and O–H groups in total. The molecule has 7 heteroatoms. The number of nitrogens with zero attached hydrogens (tertiary/aromatic N) is 2. The molecule has 0 spiro atoms. The van der Waals surface area contributed by atoms with Crippen LogP contribution in [0.3, 0.4) is 0 Å². The third-order valence-corrected chi connectivity index (χ3v) is 5.40. The highest BCUT2D eigenvalue weighted by Gasteiger charge is 2.18. The summed E-state index contributed by atoms with van der Waals surface area (Å²) in [6.45, 7) is 2.26. The number of hydrogen-bond acceptors (Lipinski definition) is 5. The fourth-order valence-electron chi connectivity index (χ4n) is 3.02. The van der Waals surface area contributed by atoms with Crippen molar-refractivity contribution in [1.29, 1.82) is 0 Å². The van der Waals surface area contributed by atoms with E-state index in [4.69, 9.17) is 4.42 Å². The highest BCUT2D eigenvalue weighted by molar-refractivity contribution is 8.00. The van der Waals surface area contributed by atoms with Gasteiger partial charge in [-0.15, -0.1) is 5.10 Å². The minimum absolute atomic E-state index is 0.0475. The number of carbonyl (C=O) groups excluding carboxylic acids is 1. The molecule has 6 nitrogen and oxygen atoms in total. The Labute approximate surface area is 146 Å². The molecule has 2 heterocycles. The molecule has 1 unspecified atom stereocenters. The molecule has 1 atom stereocenters. The summed E-state index contributed by atoms with van der Waals surface area (Å²) in [6, 6.07) is 3.64. The number of rotatable bonds is 8. The number of hydrogen-bond donors (Lipinski definition) is 2. The van der Waals surface area contributed by atoms with Crippen molar-refractivity contribution in [2.24, 2.45) is 5.92 Å². The van der Waals surface area contributed by atoms with Crippen molar-refractivity contribution in [3.8, 4) is 0 Å². The summed E-state index contributed by atoms with van der Waals surface area (Å²) in [5.74, 6) is 2.46. The van der Waals surface area contributed by atoms with Crippen LogP contribution in [0.5, 0.6) is 0 Å². The van der Waals surface area contributed by atoms with Gasteiger partial charge >= 0.3 is 0 Å². The van der Waals surface area contributed by atoms with Crippen molar-refractivity contribution in [2.75, 3.05) is 0 Å². The monoisotopic (exact) mass is 348 g/mol. The zero-order valence-corrected chi connectivity index (χ0v) is 14.8. The fourth-order valence-corrected chi connectivity index (χ4v) is 3.79. The molecule has 2 aromatic heterocycles. The van der Waals surface area contributed by atoms with Crippen molar-refractivity contribution in [3.05, 3.63) is 30.0 Å². The van der Waals surface area contributed by atoms with Gasteiger partial charge in [-0.25, -0.2) is 4.98 Å². The summed E-state index contributed by atoms with van der Waals surface area (Å²) in [5.41, 5.74) is 0. The van der Waals surface area contributed by atoms with Gasteiger partial charge in [-0.3, -0.25) is 9.89 Å². The Morgan fingerprint density at radius 2 is 2.33 bits per heavy atom. The average Bonchev–Trinajstić information content (AvgIpc) is 3.32. The SMILES string of the molecule is CC(Sc1n[nH]c(CCC2CCCC2)n1)C(=O)NCc1ccco1. The van der Waals surface area contributed by atoms with Gasteiger partial charge in [0.15, 0.2) is 0 Å². The third kappa shape index (κ3) is 4.87. The maximum absolute atomic E-state index is 12.1. The predicted molar refractivity (Wildman–Crippen MR) is 92.5 cm³/mol. The topological polar surface area (TPSA) is 83.8 Å². The first-order valence-electron chi connectivity index (χ1n) is 8.58. The first-order valence-corrected chi connectivity index (χ1v) is 9.46. The number of carbonyl (C=O) groups is 1. The molecule has 0 aromatic carbocycles. The molecular weight excluding hydrogens is 324 g/mol. The summed E-state index contributed by atoms with van der Waals surface area (Å²) < 4.78 is 5.20. The normalized spacial score (nSPS) is 16.4. The minimum atomic E-state index is -0.251. The Morgan fingerprint density at radius 1 is 1.50 bits per heavy atom. The van der Waals surface area contributed by atoms with E-state index < -0.39 is 0 Å². The molecule has 0 radical (unpaired) electrons. The highest BCUT2D eigenvalue weighted by atomic mass is 32.2. The van der Waals surface area contributed by atoms with E-state index in [1.165, 1.54) is 43.9 Å². The second-order valence-corrected chi connectivity index (χ2v) is 7.62. The van der Waals surface area contributed by atoms with E-state index in [9.17, 15) is 4.79 Å². The zero-order valence-electron chi connectivity index (χ0n) is 14.0. The molecule has 1 aliphatic rings. The van der Waals surface area contributed by atoms with Crippen LogP contribution >= 0.6 is 11.8 Å². The van der Waals surface area contributed by atoms with Gasteiger partial charge in [0.25, 0.3) is 0 Å². The number of aromatic amines is 1. The van der Waals surface area contributed by atoms with Crippen LogP contribution in [0.15, 0.2) is 28.0 Å². The smallest absolute Gasteiger partial charge is 0.233 e. The Hall–Kier alpha value is -1.76. The number of thioether (sulfide) groups is 1. The van der Waals surface area contributed by atoms with Crippen molar-refractivity contribution >= 4 is 17.7 Å². The third-order valence-electron chi connectivity index (χ3n) is 4.44. The number of furan rings is 1. The number of H-pyrrole nitrogens is 1. The first-order chi connectivity index (χ1) is 11.7. The van der Waals surface area contributed by atoms with Crippen molar-refractivity contribution < 1.29 is 9.21 Å². The molecule has 0 aliphatic heterocycles. The molecule has 1 aliphatic carbocycles. The van der Waals surface area contributed by atoms with Gasteiger partial charge in [0.1, 0.15) is 11.6 Å². The summed E-state index contributed by atoms with van der Waals surface area (Å²) >= 11 is 1.37. The van der Waals surface area contributed by atoms with Crippen molar-refractivity contribution in [3.63, 3.8) is 0 Å². The molecular formula is C17H24N4O2S. The molecule has 3 rings (SSSR count). The van der Waals surface area contributed by atoms with Crippen molar-refractivity contribution in [1.82, 2.24) is 20.5 Å². The van der Waals surface area contributed by atoms with Crippen molar-refractivity contribution in [2.45, 2.75) is 62.4 Å². The van der Waals surface area contributed by atoms with E-state index in [2.05, 4.69) is 20.5 Å². The van der Waals surface area contributed by atoms with Gasteiger partial charge in [0.2, 0.25) is 11.1 Å². The second kappa shape index (κ2) is 8.37. The van der Waals surface area contributed by atoms with Gasteiger partial charge in [-0.05, 0) is 31.4 Å². The first kappa shape index (κ1) is 17.1. The minimum Gasteiger partial charge on any atom is -0.467 e. The van der Waals surface area contributed by atoms with E-state index in [1.807, 2.05) is 13.0 Å². The van der Waals surface area contributed by atoms with Gasteiger partial charge in [0, 0.05) is 6.42 Å². The standard InChI is InChI=1S/C17H24N4O2S/c1-12(16(22)18-11-14-7-4-10-23-14)24-17-19-15(20-21-17)9-8-13-5-2-3-6-13/h4,7,10,12-13H,2-3,5-6,8-9,11H2,1H3,(H,18,22)(H,19,20,21). The second-order valence-electron chi connectivity index (χ2n) is 6.31. The maximum Gasteiger partial charge on any atom is 0.233 e. The van der Waals surface area contributed by atoms with Crippen LogP contribution in [0.25, 0.3) is 0 Å². The molecule has 1 fully saturated rings. The van der Waals surface area contributed by atoms with E-state index in [1.54, 1.807) is 12.3 Å². The van der Waals surface area contributed by atoms with E-state index in [-0.39, 0.29) is 11.2 Å². The number of amides is 1. The number of aromatic nitrogens is 3. The Balaban J connectivity index is 1.42. The Morgan fingerprint density at radius 3 is 3.08 bits per heavy atom. The Bertz CT molecular complexity index is 635. The molecule has 0 saturated heterocycles. The van der Waals surface area contributed by atoms with Crippen LogP contribution < -0.4 is 5.32 Å². The quantitative estimate of drug-likeness (QED) is 0.715. The van der Waals surface area contributed by atoms with E-state index >= 15 is 0 Å². The van der Waals surface area contributed by atoms with Gasteiger partial charge in [-0.1, -0.05) is 37.4 Å². The number of nitrogens with one attached hydrogen (secondary N) is 2. The lowest BCUT2D eigenvalue weighted by atomic mass is 10.0. The molecule has 1 saturated carbocycles. The van der Waals surface area contributed by atoms with Crippen LogP contribution in [-0.2, 0) is 17.8 Å². The van der Waals surface area contributed by atoms with Crippen LogP contribution in [0.2, 0.25) is 0 Å². The average molecular weight is 348 g/mol. The molecule has 24 heavy (non-hydrogen) atoms. The van der Waals surface area contributed by atoms with E-state index in [0.29, 0.717) is 11.7 Å². The largest absolute Gasteiger partial charge is 0.467 e. The van der Waals surface area contributed by atoms with Crippen LogP contribution in [-0.4, -0.2) is 26.3 Å². The summed E-state index contributed by atoms with van der Waals surface area (Å²) in [7, 11) is 0.